The van der Waals surface area contributed by atoms with Crippen molar-refractivity contribution in [2.75, 3.05) is 26.2 Å². The summed E-state index contributed by atoms with van der Waals surface area (Å²) in [6, 6.07) is 0. The van der Waals surface area contributed by atoms with E-state index < -0.39 is 0 Å². The van der Waals surface area contributed by atoms with Crippen LogP contribution in [0.1, 0.15) is 188 Å². The third-order valence-corrected chi connectivity index (χ3v) is 8.81. The fraction of sp³-hybridized carbons (Fsp3) is 0.892. The van der Waals surface area contributed by atoms with Gasteiger partial charge in [0.2, 0.25) is 0 Å². The van der Waals surface area contributed by atoms with Crippen LogP contribution in [0.15, 0.2) is 25.3 Å². The van der Waals surface area contributed by atoms with Crippen LogP contribution in [-0.2, 0) is 0 Å². The fourth-order valence-corrected chi connectivity index (χ4v) is 5.60. The summed E-state index contributed by atoms with van der Waals surface area (Å²) < 4.78 is 1.32. The van der Waals surface area contributed by atoms with Crippen molar-refractivity contribution in [2.45, 2.75) is 188 Å². The standard InChI is InChI=1S/C20H40.C17H36N.HI/c1-3-5-7-9-11-13-15-17-19-20-18-16-14-12-10-8-6-4-2;1-5-9-10-11-12-13-14-15-16-17-18(6-2,7-3)8-4;/h3H,1,4-20H2,2H3;5H,1,6-17H2,2-4H3;1H/q;+1;/p-1. The lowest BCUT2D eigenvalue weighted by molar-refractivity contribution is -0.923. The molecule has 0 radical (unpaired) electrons. The van der Waals surface area contributed by atoms with Crippen molar-refractivity contribution in [2.24, 2.45) is 0 Å². The van der Waals surface area contributed by atoms with Crippen LogP contribution in [0.25, 0.3) is 0 Å². The Morgan fingerprint density at radius 2 is 0.641 bits per heavy atom. The molecule has 236 valence electrons. The van der Waals surface area contributed by atoms with Crippen LogP contribution < -0.4 is 24.0 Å². The predicted molar refractivity (Wildman–Crippen MR) is 178 cm³/mol. The van der Waals surface area contributed by atoms with Gasteiger partial charge in [0.15, 0.2) is 0 Å². The molecule has 0 aromatic heterocycles. The first-order chi connectivity index (χ1) is 18.7. The van der Waals surface area contributed by atoms with Gasteiger partial charge in [-0.3, -0.25) is 0 Å². The number of hydrogen-bond donors (Lipinski definition) is 0. The molecule has 0 rings (SSSR count). The number of unbranched alkanes of at least 4 members (excludes halogenated alkanes) is 23. The van der Waals surface area contributed by atoms with E-state index in [2.05, 4.69) is 40.9 Å². The smallest absolute Gasteiger partial charge is 0.0786 e. The van der Waals surface area contributed by atoms with E-state index in [9.17, 15) is 0 Å². The monoisotopic (exact) mass is 662 g/mol. The Kier molecular flexibility index (Phi) is 42.7. The van der Waals surface area contributed by atoms with E-state index in [1.807, 2.05) is 12.2 Å². The Balaban J connectivity index is -0.000000651. The Bertz CT molecular complexity index is 434. The zero-order valence-corrected chi connectivity index (χ0v) is 30.1. The number of nitrogens with zero attached hydrogens (tertiary/aromatic N) is 1. The summed E-state index contributed by atoms with van der Waals surface area (Å²) in [6.07, 6.45) is 39.5. The molecule has 0 saturated heterocycles. The van der Waals surface area contributed by atoms with Crippen LogP contribution in [0.5, 0.6) is 0 Å². The van der Waals surface area contributed by atoms with Crippen LogP contribution in [-0.4, -0.2) is 30.7 Å². The molecule has 0 unspecified atom stereocenters. The van der Waals surface area contributed by atoms with Crippen molar-refractivity contribution in [1.29, 1.82) is 0 Å². The molecule has 39 heavy (non-hydrogen) atoms. The van der Waals surface area contributed by atoms with Crippen LogP contribution in [0.3, 0.4) is 0 Å². The van der Waals surface area contributed by atoms with Crippen molar-refractivity contribution in [3.8, 4) is 0 Å². The van der Waals surface area contributed by atoms with Crippen molar-refractivity contribution in [3.63, 3.8) is 0 Å². The molecule has 0 N–H and O–H groups in total. The largest absolute Gasteiger partial charge is 1.00 e. The quantitative estimate of drug-likeness (QED) is 0.0311. The van der Waals surface area contributed by atoms with Crippen LogP contribution in [0, 0.1) is 0 Å². The Labute approximate surface area is 267 Å². The SMILES string of the molecule is C=CCCCCCCCCCCCCCCCCCC.C=CCCCCCCCCC[N+](CC)(CC)CC.[I-]. The van der Waals surface area contributed by atoms with Crippen molar-refractivity contribution in [3.05, 3.63) is 25.3 Å². The molecule has 0 aliphatic rings. The molecule has 0 bridgehead atoms. The summed E-state index contributed by atoms with van der Waals surface area (Å²) in [5.41, 5.74) is 0. The summed E-state index contributed by atoms with van der Waals surface area (Å²) in [7, 11) is 0. The van der Waals surface area contributed by atoms with Gasteiger partial charge in [-0.15, -0.1) is 13.2 Å². The normalized spacial score (nSPS) is 11.0. The van der Waals surface area contributed by atoms with E-state index in [0.29, 0.717) is 0 Å². The van der Waals surface area contributed by atoms with Gasteiger partial charge in [-0.1, -0.05) is 141 Å². The number of halogens is 1. The topological polar surface area (TPSA) is 0 Å². The highest BCUT2D eigenvalue weighted by Crippen LogP contribution is 2.15. The molecule has 0 aliphatic carbocycles. The van der Waals surface area contributed by atoms with Gasteiger partial charge in [0.1, 0.15) is 0 Å². The van der Waals surface area contributed by atoms with Gasteiger partial charge in [-0.2, -0.15) is 0 Å². The molecule has 0 heterocycles. The van der Waals surface area contributed by atoms with Crippen molar-refractivity contribution < 1.29 is 28.5 Å². The van der Waals surface area contributed by atoms with Gasteiger partial charge in [0.05, 0.1) is 26.2 Å². The predicted octanol–water partition coefficient (Wildman–Crippen LogP) is 10.00. The minimum absolute atomic E-state index is 0. The summed E-state index contributed by atoms with van der Waals surface area (Å²) in [5.74, 6) is 0. The molecule has 0 atom stereocenters. The summed E-state index contributed by atoms with van der Waals surface area (Å²) in [5, 5.41) is 0. The lowest BCUT2D eigenvalue weighted by atomic mass is 10.0. The van der Waals surface area contributed by atoms with Gasteiger partial charge in [0.25, 0.3) is 0 Å². The Morgan fingerprint density at radius 3 is 0.897 bits per heavy atom. The Morgan fingerprint density at radius 1 is 0.385 bits per heavy atom. The average Bonchev–Trinajstić information content (AvgIpc) is 2.95. The second kappa shape index (κ2) is 38.2. The summed E-state index contributed by atoms with van der Waals surface area (Å²) in [4.78, 5) is 0. The highest BCUT2D eigenvalue weighted by molar-refractivity contribution is 4.66. The van der Waals surface area contributed by atoms with E-state index in [0.717, 1.165) is 0 Å². The maximum atomic E-state index is 3.77. The molecule has 0 spiro atoms. The molecular formula is C37H76IN. The number of quaternary nitrogens is 1. The average molecular weight is 662 g/mol. The van der Waals surface area contributed by atoms with Crippen LogP contribution >= 0.6 is 0 Å². The Hall–Kier alpha value is 0.170. The minimum atomic E-state index is 0. The van der Waals surface area contributed by atoms with Gasteiger partial charge in [0, 0.05) is 0 Å². The van der Waals surface area contributed by atoms with Crippen LogP contribution in [0.2, 0.25) is 0 Å². The highest BCUT2D eigenvalue weighted by Gasteiger charge is 2.19. The molecule has 2 heteroatoms. The molecule has 0 aromatic carbocycles. The van der Waals surface area contributed by atoms with E-state index >= 15 is 0 Å². The zero-order chi connectivity index (χ0) is 28.4. The summed E-state index contributed by atoms with van der Waals surface area (Å²) in [6.45, 7) is 22.1. The van der Waals surface area contributed by atoms with E-state index in [-0.39, 0.29) is 24.0 Å². The molecule has 0 fully saturated rings. The number of rotatable bonds is 30. The van der Waals surface area contributed by atoms with Crippen molar-refractivity contribution >= 4 is 0 Å². The van der Waals surface area contributed by atoms with Gasteiger partial charge >= 0.3 is 0 Å². The first-order valence-electron chi connectivity index (χ1n) is 17.7. The maximum Gasteiger partial charge on any atom is 0.0786 e. The lowest BCUT2D eigenvalue weighted by Gasteiger charge is -2.35. The van der Waals surface area contributed by atoms with E-state index in [1.54, 1.807) is 0 Å². The fourth-order valence-electron chi connectivity index (χ4n) is 5.60. The zero-order valence-electron chi connectivity index (χ0n) is 27.9. The first-order valence-corrected chi connectivity index (χ1v) is 17.7. The van der Waals surface area contributed by atoms with Crippen LogP contribution in [0.4, 0.5) is 0 Å². The second-order valence-corrected chi connectivity index (χ2v) is 11.9. The molecular weight excluding hydrogens is 585 g/mol. The van der Waals surface area contributed by atoms with Gasteiger partial charge < -0.3 is 28.5 Å². The van der Waals surface area contributed by atoms with E-state index in [1.165, 1.54) is 191 Å². The van der Waals surface area contributed by atoms with Gasteiger partial charge in [-0.05, 0) is 59.3 Å². The van der Waals surface area contributed by atoms with E-state index in [4.69, 9.17) is 0 Å². The third kappa shape index (κ3) is 34.3. The lowest BCUT2D eigenvalue weighted by Crippen LogP contribution is -3.00. The molecule has 0 aliphatic heterocycles. The first kappa shape index (κ1) is 43.6. The summed E-state index contributed by atoms with van der Waals surface area (Å²) >= 11 is 0. The minimum Gasteiger partial charge on any atom is -1.00 e. The highest BCUT2D eigenvalue weighted by atomic mass is 127. The number of hydrogen-bond acceptors (Lipinski definition) is 0. The molecule has 1 nitrogen and oxygen atoms in total. The second-order valence-electron chi connectivity index (χ2n) is 11.9. The maximum absolute atomic E-state index is 3.77. The van der Waals surface area contributed by atoms with Crippen molar-refractivity contribution in [1.82, 2.24) is 0 Å². The molecule has 0 saturated carbocycles. The van der Waals surface area contributed by atoms with Gasteiger partial charge in [-0.25, -0.2) is 0 Å². The third-order valence-electron chi connectivity index (χ3n) is 8.81. The molecule has 0 aromatic rings. The molecule has 0 amide bonds. The number of allylic oxidation sites excluding steroid dienone is 2.